The summed E-state index contributed by atoms with van der Waals surface area (Å²) >= 11 is 0. The zero-order valence-corrected chi connectivity index (χ0v) is 16.3. The Hall–Kier alpha value is -0.590. The van der Waals surface area contributed by atoms with E-state index in [9.17, 15) is 0 Å². The molecule has 134 valence electrons. The molecule has 2 atom stereocenters. The van der Waals surface area contributed by atoms with Crippen molar-refractivity contribution >= 4 is 6.21 Å². The first-order chi connectivity index (χ1) is 11.4. The number of rotatable bonds is 7. The molecule has 0 bridgehead atoms. The Morgan fingerprint density at radius 2 is 1.61 bits per heavy atom. The van der Waals surface area contributed by atoms with Crippen LogP contribution in [0.15, 0.2) is 16.8 Å². The molecule has 1 heteroatoms. The van der Waals surface area contributed by atoms with Crippen LogP contribution in [0.25, 0.3) is 0 Å². The molecule has 1 nitrogen and oxygen atoms in total. The lowest BCUT2D eigenvalue weighted by atomic mass is 9.85. The topological polar surface area (TPSA) is 12.4 Å². The molecule has 0 aromatic heterocycles. The van der Waals surface area contributed by atoms with Crippen molar-refractivity contribution in [3.8, 4) is 0 Å². The Kier molecular flexibility index (Phi) is 11.4. The van der Waals surface area contributed by atoms with Crippen LogP contribution in [0.4, 0.5) is 0 Å². The molecule has 3 aliphatic rings. The predicted molar refractivity (Wildman–Crippen MR) is 105 cm³/mol. The van der Waals surface area contributed by atoms with Crippen LogP contribution in [0.5, 0.6) is 0 Å². The Balaban J connectivity index is 0.000000615. The third-order valence-corrected chi connectivity index (χ3v) is 5.39. The molecule has 0 amide bonds. The van der Waals surface area contributed by atoms with E-state index in [0.717, 1.165) is 24.2 Å². The van der Waals surface area contributed by atoms with Gasteiger partial charge in [0.15, 0.2) is 0 Å². The summed E-state index contributed by atoms with van der Waals surface area (Å²) in [5.41, 5.74) is 1.41. The molecular weight excluding hydrogens is 278 g/mol. The maximum atomic E-state index is 4.49. The van der Waals surface area contributed by atoms with Crippen LogP contribution in [-0.4, -0.2) is 6.21 Å². The monoisotopic (exact) mass is 319 g/mol. The fraction of sp³-hybridized carbons (Fsp3) is 0.864. The molecule has 3 rings (SSSR count). The fourth-order valence-corrected chi connectivity index (χ4v) is 4.05. The summed E-state index contributed by atoms with van der Waals surface area (Å²) in [6.45, 7) is 8.00. The van der Waals surface area contributed by atoms with Crippen molar-refractivity contribution in [1.29, 1.82) is 0 Å². The van der Waals surface area contributed by atoms with Crippen LogP contribution in [0.2, 0.25) is 0 Å². The van der Waals surface area contributed by atoms with Crippen LogP contribution in [0, 0.1) is 17.8 Å². The van der Waals surface area contributed by atoms with Crippen molar-refractivity contribution in [3.05, 3.63) is 11.8 Å². The zero-order valence-electron chi connectivity index (χ0n) is 16.3. The van der Waals surface area contributed by atoms with Crippen LogP contribution >= 0.6 is 0 Å². The summed E-state index contributed by atoms with van der Waals surface area (Å²) in [7, 11) is 0. The van der Waals surface area contributed by atoms with Crippen LogP contribution in [0.1, 0.15) is 105 Å². The van der Waals surface area contributed by atoms with E-state index in [1.165, 1.54) is 76.3 Å². The van der Waals surface area contributed by atoms with Gasteiger partial charge in [-0.1, -0.05) is 91.6 Å². The second-order valence-electron chi connectivity index (χ2n) is 6.92. The molecule has 2 aliphatic carbocycles. The maximum absolute atomic E-state index is 4.49. The van der Waals surface area contributed by atoms with E-state index in [1.807, 2.05) is 27.7 Å². The number of hydrogen-bond donors (Lipinski definition) is 0. The minimum absolute atomic E-state index is 0.845. The Morgan fingerprint density at radius 3 is 2.26 bits per heavy atom. The van der Waals surface area contributed by atoms with E-state index in [4.69, 9.17) is 0 Å². The maximum Gasteiger partial charge on any atom is 0.0397 e. The highest BCUT2D eigenvalue weighted by Crippen LogP contribution is 2.48. The van der Waals surface area contributed by atoms with Gasteiger partial charge in [0.2, 0.25) is 0 Å². The standard InChI is InChI=1S/C18H29N.2C2H6/c1-3-8-15(9-4-1)10-5-2-6-11-16-14-17(16)18-12-7-13-19-18;2*1-2/h12-13,15-17H,1-11,14H2;2*1-2H3. The van der Waals surface area contributed by atoms with Crippen molar-refractivity contribution in [1.82, 2.24) is 0 Å². The van der Waals surface area contributed by atoms with Crippen LogP contribution in [0.3, 0.4) is 0 Å². The van der Waals surface area contributed by atoms with Gasteiger partial charge in [-0.2, -0.15) is 0 Å². The van der Waals surface area contributed by atoms with Crippen molar-refractivity contribution in [2.24, 2.45) is 22.7 Å². The molecule has 0 saturated heterocycles. The smallest absolute Gasteiger partial charge is 0.0397 e. The largest absolute Gasteiger partial charge is 0.265 e. The van der Waals surface area contributed by atoms with Crippen LogP contribution in [-0.2, 0) is 0 Å². The average molecular weight is 320 g/mol. The number of nitrogens with zero attached hydrogens (tertiary/aromatic N) is 1. The minimum Gasteiger partial charge on any atom is -0.265 e. The van der Waals surface area contributed by atoms with E-state index in [1.54, 1.807) is 0 Å². The number of allylic oxidation sites excluding steroid dienone is 2. The molecule has 0 N–H and O–H groups in total. The number of aliphatic imine (C=N–C) groups is 1. The lowest BCUT2D eigenvalue weighted by Gasteiger charge is -2.21. The van der Waals surface area contributed by atoms with Gasteiger partial charge in [-0.3, -0.25) is 4.99 Å². The first-order valence-electron chi connectivity index (χ1n) is 10.7. The van der Waals surface area contributed by atoms with Gasteiger partial charge in [0.25, 0.3) is 0 Å². The summed E-state index contributed by atoms with van der Waals surface area (Å²) in [5, 5.41) is 0. The highest BCUT2D eigenvalue weighted by atomic mass is 14.8. The summed E-state index contributed by atoms with van der Waals surface area (Å²) in [4.78, 5) is 4.49. The molecular formula is C22H41N. The van der Waals surface area contributed by atoms with E-state index >= 15 is 0 Å². The number of hydrogen-bond acceptors (Lipinski definition) is 1. The molecule has 2 fully saturated rings. The molecule has 1 aliphatic heterocycles. The molecule has 1 heterocycles. The molecule has 0 aromatic rings. The van der Waals surface area contributed by atoms with Gasteiger partial charge in [0, 0.05) is 24.3 Å². The molecule has 2 unspecified atom stereocenters. The van der Waals surface area contributed by atoms with Gasteiger partial charge in [-0.05, 0) is 24.7 Å². The second-order valence-corrected chi connectivity index (χ2v) is 6.92. The lowest BCUT2D eigenvalue weighted by Crippen LogP contribution is -2.05. The van der Waals surface area contributed by atoms with Gasteiger partial charge >= 0.3 is 0 Å². The Bertz CT molecular complexity index is 336. The lowest BCUT2D eigenvalue weighted by molar-refractivity contribution is 0.327. The molecule has 0 aromatic carbocycles. The average Bonchev–Trinajstić information content (AvgIpc) is 3.19. The fourth-order valence-electron chi connectivity index (χ4n) is 4.05. The van der Waals surface area contributed by atoms with E-state index in [-0.39, 0.29) is 0 Å². The Morgan fingerprint density at radius 1 is 0.913 bits per heavy atom. The summed E-state index contributed by atoms with van der Waals surface area (Å²) in [6.07, 6.45) is 21.9. The van der Waals surface area contributed by atoms with Crippen LogP contribution < -0.4 is 0 Å². The van der Waals surface area contributed by atoms with Crippen molar-refractivity contribution in [2.45, 2.75) is 105 Å². The summed E-state index contributed by atoms with van der Waals surface area (Å²) in [6, 6.07) is 0. The first-order valence-corrected chi connectivity index (χ1v) is 10.7. The SMILES string of the molecule is C1=NC(C2CC2CCCCCC2CCCCC2)=CC1.CC.CC. The van der Waals surface area contributed by atoms with Crippen molar-refractivity contribution < 1.29 is 0 Å². The Labute approximate surface area is 146 Å². The summed E-state index contributed by atoms with van der Waals surface area (Å²) < 4.78 is 0. The third-order valence-electron chi connectivity index (χ3n) is 5.39. The van der Waals surface area contributed by atoms with Gasteiger partial charge in [0.05, 0.1) is 0 Å². The van der Waals surface area contributed by atoms with Gasteiger partial charge in [0.1, 0.15) is 0 Å². The minimum atomic E-state index is 0.845. The normalized spacial score (nSPS) is 25.8. The second kappa shape index (κ2) is 12.8. The van der Waals surface area contributed by atoms with E-state index in [0.29, 0.717) is 0 Å². The van der Waals surface area contributed by atoms with Gasteiger partial charge < -0.3 is 0 Å². The van der Waals surface area contributed by atoms with E-state index in [2.05, 4.69) is 17.3 Å². The van der Waals surface area contributed by atoms with Gasteiger partial charge in [-0.15, -0.1) is 0 Å². The highest BCUT2D eigenvalue weighted by Gasteiger charge is 2.39. The van der Waals surface area contributed by atoms with Crippen molar-refractivity contribution in [2.75, 3.05) is 0 Å². The molecule has 23 heavy (non-hydrogen) atoms. The highest BCUT2D eigenvalue weighted by molar-refractivity contribution is 5.65. The first kappa shape index (κ1) is 20.5. The third kappa shape index (κ3) is 7.68. The predicted octanol–water partition coefficient (Wildman–Crippen LogP) is 7.56. The van der Waals surface area contributed by atoms with Gasteiger partial charge in [-0.25, -0.2) is 0 Å². The molecule has 0 radical (unpaired) electrons. The van der Waals surface area contributed by atoms with E-state index < -0.39 is 0 Å². The quantitative estimate of drug-likeness (QED) is 0.429. The molecule has 0 spiro atoms. The summed E-state index contributed by atoms with van der Waals surface area (Å²) in [5.74, 6) is 2.91. The molecule has 2 saturated carbocycles. The zero-order chi connectivity index (χ0) is 16.9. The number of unbranched alkanes of at least 4 members (excludes halogenated alkanes) is 2. The van der Waals surface area contributed by atoms with Crippen molar-refractivity contribution in [3.63, 3.8) is 0 Å².